The molecule has 0 aliphatic rings. The summed E-state index contributed by atoms with van der Waals surface area (Å²) in [7, 11) is 0. The van der Waals surface area contributed by atoms with Crippen LogP contribution in [0.5, 0.6) is 5.75 Å². The maximum atomic E-state index is 12.1. The fraction of sp³-hybridized carbons (Fsp3) is 0.200. The van der Waals surface area contributed by atoms with Crippen LogP contribution in [0.4, 0.5) is 5.69 Å². The summed E-state index contributed by atoms with van der Waals surface area (Å²) in [5.41, 5.74) is 5.87. The number of ether oxygens (including phenoxy) is 1. The maximum Gasteiger partial charge on any atom is 0.262 e. The molecule has 1 N–H and O–H groups in total. The molecule has 4 rings (SSSR count). The van der Waals surface area contributed by atoms with E-state index < -0.39 is 0 Å². The highest BCUT2D eigenvalue weighted by molar-refractivity contribution is 5.91. The Morgan fingerprint density at radius 1 is 1.00 bits per heavy atom. The molecule has 4 aromatic rings. The molecule has 0 bridgehead atoms. The zero-order valence-electron chi connectivity index (χ0n) is 17.1. The smallest absolute Gasteiger partial charge is 0.262 e. The third kappa shape index (κ3) is 4.87. The summed E-state index contributed by atoms with van der Waals surface area (Å²) in [6.07, 6.45) is 1.57. The second-order valence-corrected chi connectivity index (χ2v) is 7.29. The van der Waals surface area contributed by atoms with Crippen molar-refractivity contribution in [2.45, 2.75) is 26.7 Å². The van der Waals surface area contributed by atoms with Crippen LogP contribution in [-0.4, -0.2) is 17.5 Å². The maximum absolute atomic E-state index is 12.1. The quantitative estimate of drug-likeness (QED) is 0.457. The van der Waals surface area contributed by atoms with Crippen LogP contribution < -0.4 is 10.1 Å². The zero-order chi connectivity index (χ0) is 20.9. The Balaban J connectivity index is 1.33. The number of hydrogen-bond acceptors (Lipinski definition) is 4. The lowest BCUT2D eigenvalue weighted by molar-refractivity contribution is -0.118. The minimum atomic E-state index is -0.200. The van der Waals surface area contributed by atoms with Gasteiger partial charge in [-0.1, -0.05) is 42.8 Å². The van der Waals surface area contributed by atoms with E-state index in [1.165, 1.54) is 5.56 Å². The van der Waals surface area contributed by atoms with Crippen molar-refractivity contribution in [3.63, 3.8) is 0 Å². The SMILES string of the molecule is CCc1ccc2oc(Cc3ccc(NC(=O)COc4ccc(C)cc4)cc3)nc2c1. The van der Waals surface area contributed by atoms with Gasteiger partial charge in [0.05, 0.1) is 0 Å². The predicted molar refractivity (Wildman–Crippen MR) is 118 cm³/mol. The van der Waals surface area contributed by atoms with Gasteiger partial charge in [-0.2, -0.15) is 0 Å². The van der Waals surface area contributed by atoms with Crippen LogP contribution in [0.1, 0.15) is 29.5 Å². The number of fused-ring (bicyclic) bond motifs is 1. The van der Waals surface area contributed by atoms with Gasteiger partial charge in [-0.05, 0) is 60.9 Å². The Bertz CT molecular complexity index is 1150. The molecule has 0 saturated carbocycles. The van der Waals surface area contributed by atoms with Gasteiger partial charge in [0.25, 0.3) is 5.91 Å². The molecule has 0 atom stereocenters. The molecule has 3 aromatic carbocycles. The number of anilines is 1. The van der Waals surface area contributed by atoms with Crippen LogP contribution in [0, 0.1) is 6.92 Å². The highest BCUT2D eigenvalue weighted by atomic mass is 16.5. The van der Waals surface area contributed by atoms with Crippen LogP contribution in [0.15, 0.2) is 71.1 Å². The first kappa shape index (κ1) is 19.7. The molecule has 0 spiro atoms. The number of carbonyl (C=O) groups is 1. The number of nitrogens with one attached hydrogen (secondary N) is 1. The predicted octanol–water partition coefficient (Wildman–Crippen LogP) is 5.31. The zero-order valence-corrected chi connectivity index (χ0v) is 17.1. The van der Waals surface area contributed by atoms with Crippen LogP contribution in [0.2, 0.25) is 0 Å². The first-order valence-corrected chi connectivity index (χ1v) is 10.1. The van der Waals surface area contributed by atoms with Crippen molar-refractivity contribution < 1.29 is 13.9 Å². The van der Waals surface area contributed by atoms with Crippen molar-refractivity contribution in [2.75, 3.05) is 11.9 Å². The molecule has 1 amide bonds. The van der Waals surface area contributed by atoms with E-state index in [1.54, 1.807) is 0 Å². The number of nitrogens with zero attached hydrogens (tertiary/aromatic N) is 1. The molecule has 0 fully saturated rings. The second-order valence-electron chi connectivity index (χ2n) is 7.29. The van der Waals surface area contributed by atoms with Gasteiger partial charge in [0.2, 0.25) is 0 Å². The average molecular weight is 400 g/mol. The van der Waals surface area contributed by atoms with Crippen LogP contribution in [0.3, 0.4) is 0 Å². The lowest BCUT2D eigenvalue weighted by Gasteiger charge is -2.08. The molecule has 1 heterocycles. The largest absolute Gasteiger partial charge is 0.484 e. The molecule has 0 radical (unpaired) electrons. The molecule has 5 nitrogen and oxygen atoms in total. The number of rotatable bonds is 7. The van der Waals surface area contributed by atoms with Crippen molar-refractivity contribution in [1.82, 2.24) is 4.98 Å². The number of aromatic nitrogens is 1. The first-order chi connectivity index (χ1) is 14.6. The molecular formula is C25H24N2O3. The van der Waals surface area contributed by atoms with Crippen molar-refractivity contribution in [3.8, 4) is 5.75 Å². The summed E-state index contributed by atoms with van der Waals surface area (Å²) in [6, 6.07) is 21.4. The van der Waals surface area contributed by atoms with Gasteiger partial charge in [0, 0.05) is 12.1 Å². The minimum Gasteiger partial charge on any atom is -0.484 e. The Labute approximate surface area is 175 Å². The van der Waals surface area contributed by atoms with Gasteiger partial charge in [0.1, 0.15) is 11.3 Å². The molecule has 0 aliphatic carbocycles. The van der Waals surface area contributed by atoms with Crippen LogP contribution in [0.25, 0.3) is 11.1 Å². The van der Waals surface area contributed by atoms with E-state index in [-0.39, 0.29) is 12.5 Å². The molecule has 5 heteroatoms. The van der Waals surface area contributed by atoms with E-state index in [9.17, 15) is 4.79 Å². The minimum absolute atomic E-state index is 0.0343. The molecule has 0 unspecified atom stereocenters. The normalized spacial score (nSPS) is 10.9. The van der Waals surface area contributed by atoms with Crippen LogP contribution >= 0.6 is 0 Å². The fourth-order valence-electron chi connectivity index (χ4n) is 3.18. The second kappa shape index (κ2) is 8.82. The van der Waals surface area contributed by atoms with Gasteiger partial charge in [-0.25, -0.2) is 4.98 Å². The Morgan fingerprint density at radius 2 is 1.73 bits per heavy atom. The van der Waals surface area contributed by atoms with Gasteiger partial charge >= 0.3 is 0 Å². The summed E-state index contributed by atoms with van der Waals surface area (Å²) >= 11 is 0. The summed E-state index contributed by atoms with van der Waals surface area (Å²) in [5.74, 6) is 1.16. The lowest BCUT2D eigenvalue weighted by atomic mass is 10.1. The van der Waals surface area contributed by atoms with E-state index in [4.69, 9.17) is 9.15 Å². The van der Waals surface area contributed by atoms with E-state index in [0.29, 0.717) is 18.1 Å². The van der Waals surface area contributed by atoms with E-state index in [1.807, 2.05) is 61.5 Å². The van der Waals surface area contributed by atoms with Gasteiger partial charge in [0.15, 0.2) is 18.1 Å². The third-order valence-electron chi connectivity index (χ3n) is 4.89. The van der Waals surface area contributed by atoms with Crippen molar-refractivity contribution >= 4 is 22.7 Å². The van der Waals surface area contributed by atoms with Gasteiger partial charge < -0.3 is 14.5 Å². The number of hydrogen-bond donors (Lipinski definition) is 1. The lowest BCUT2D eigenvalue weighted by Crippen LogP contribution is -2.20. The molecule has 152 valence electrons. The molecule has 1 aromatic heterocycles. The summed E-state index contributed by atoms with van der Waals surface area (Å²) < 4.78 is 11.4. The van der Waals surface area contributed by atoms with E-state index in [0.717, 1.165) is 34.3 Å². The highest BCUT2D eigenvalue weighted by Gasteiger charge is 2.08. The molecule has 30 heavy (non-hydrogen) atoms. The van der Waals surface area contributed by atoms with Crippen molar-refractivity contribution in [3.05, 3.63) is 89.3 Å². The van der Waals surface area contributed by atoms with E-state index in [2.05, 4.69) is 29.4 Å². The highest BCUT2D eigenvalue weighted by Crippen LogP contribution is 2.20. The van der Waals surface area contributed by atoms with Crippen molar-refractivity contribution in [1.29, 1.82) is 0 Å². The number of carbonyl (C=O) groups excluding carboxylic acids is 1. The summed E-state index contributed by atoms with van der Waals surface area (Å²) in [4.78, 5) is 16.7. The summed E-state index contributed by atoms with van der Waals surface area (Å²) in [5, 5.41) is 2.85. The molecule has 0 aliphatic heterocycles. The Kier molecular flexibility index (Phi) is 5.80. The number of aryl methyl sites for hydroxylation is 2. The fourth-order valence-corrected chi connectivity index (χ4v) is 3.18. The van der Waals surface area contributed by atoms with Crippen molar-refractivity contribution in [2.24, 2.45) is 0 Å². The first-order valence-electron chi connectivity index (χ1n) is 10.1. The standard InChI is InChI=1S/C25H24N2O3/c1-3-18-8-13-23-22(14-18)27-25(30-23)15-19-6-9-20(10-7-19)26-24(28)16-29-21-11-4-17(2)5-12-21/h4-14H,3,15-16H2,1-2H3,(H,26,28). The number of oxazole rings is 1. The summed E-state index contributed by atoms with van der Waals surface area (Å²) in [6.45, 7) is 4.09. The number of benzene rings is 3. The van der Waals surface area contributed by atoms with Crippen LogP contribution in [-0.2, 0) is 17.6 Å². The van der Waals surface area contributed by atoms with Gasteiger partial charge in [-0.15, -0.1) is 0 Å². The topological polar surface area (TPSA) is 64.4 Å². The Hall–Kier alpha value is -3.60. The number of amides is 1. The van der Waals surface area contributed by atoms with Gasteiger partial charge in [-0.3, -0.25) is 4.79 Å². The molecular weight excluding hydrogens is 376 g/mol. The Morgan fingerprint density at radius 3 is 2.47 bits per heavy atom. The van der Waals surface area contributed by atoms with E-state index >= 15 is 0 Å². The third-order valence-corrected chi connectivity index (χ3v) is 4.89. The molecule has 0 saturated heterocycles. The average Bonchev–Trinajstić information content (AvgIpc) is 3.16. The monoisotopic (exact) mass is 400 g/mol.